The number of amides is 1. The molecule has 4 rings (SSSR count). The van der Waals surface area contributed by atoms with Crippen LogP contribution in [-0.2, 0) is 29.8 Å². The number of imidazole rings is 1. The number of carbonyl (C=O) groups is 1. The Labute approximate surface area is 160 Å². The van der Waals surface area contributed by atoms with Crippen molar-refractivity contribution in [2.45, 2.75) is 77.0 Å². The first-order chi connectivity index (χ1) is 13.0. The predicted octanol–water partition coefficient (Wildman–Crippen LogP) is 2.27. The molecular weight excluding hydrogens is 340 g/mol. The third kappa shape index (κ3) is 3.29. The van der Waals surface area contributed by atoms with Gasteiger partial charge < -0.3 is 9.88 Å². The lowest BCUT2D eigenvalue weighted by atomic mass is 9.75. The number of H-pyrrole nitrogens is 1. The molecule has 0 radical (unpaired) electrons. The molecule has 3 heterocycles. The number of aryl methyl sites for hydroxylation is 2. The highest BCUT2D eigenvalue weighted by atomic mass is 16.2. The van der Waals surface area contributed by atoms with E-state index in [1.54, 1.807) is 6.33 Å². The largest absolute Gasteiger partial charge is 0.348 e. The molecule has 2 aromatic heterocycles. The zero-order valence-corrected chi connectivity index (χ0v) is 16.6. The summed E-state index contributed by atoms with van der Waals surface area (Å²) < 4.78 is 1.93. The van der Waals surface area contributed by atoms with Crippen LogP contribution in [0.15, 0.2) is 12.5 Å². The molecule has 1 fully saturated rings. The van der Waals surface area contributed by atoms with Gasteiger partial charge >= 0.3 is 0 Å². The Hall–Kier alpha value is -2.15. The Kier molecular flexibility index (Phi) is 4.80. The van der Waals surface area contributed by atoms with E-state index in [0.717, 1.165) is 42.0 Å². The highest BCUT2D eigenvalue weighted by Gasteiger charge is 2.44. The number of aromatic amines is 1. The first-order valence-corrected chi connectivity index (χ1v) is 10.1. The molecule has 7 nitrogen and oxygen atoms in total. The second-order valence-electron chi connectivity index (χ2n) is 8.06. The van der Waals surface area contributed by atoms with Gasteiger partial charge in [0.05, 0.1) is 29.3 Å². The molecule has 2 aromatic rings. The van der Waals surface area contributed by atoms with Crippen molar-refractivity contribution < 1.29 is 4.79 Å². The molecule has 1 spiro atoms. The topological polar surface area (TPSA) is 78.8 Å². The SMILES string of the molecule is CCn1cc(CN(C)C(=O)C2Cc3[nH]cnc3C3(CCCCC3)N2)c(C)n1. The van der Waals surface area contributed by atoms with Crippen LogP contribution in [0.5, 0.6) is 0 Å². The van der Waals surface area contributed by atoms with Gasteiger partial charge in [-0.1, -0.05) is 19.3 Å². The maximum atomic E-state index is 13.2. The van der Waals surface area contributed by atoms with Crippen LogP contribution in [0.4, 0.5) is 0 Å². The molecule has 1 saturated carbocycles. The molecule has 0 aromatic carbocycles. The van der Waals surface area contributed by atoms with Gasteiger partial charge in [-0.2, -0.15) is 5.10 Å². The number of carbonyl (C=O) groups excluding carboxylic acids is 1. The van der Waals surface area contributed by atoms with Gasteiger partial charge in [-0.3, -0.25) is 14.8 Å². The maximum absolute atomic E-state index is 13.2. The number of fused-ring (bicyclic) bond motifs is 2. The van der Waals surface area contributed by atoms with Gasteiger partial charge in [0.25, 0.3) is 0 Å². The third-order valence-corrected chi connectivity index (χ3v) is 6.19. The fourth-order valence-corrected chi connectivity index (χ4v) is 4.71. The average molecular weight is 371 g/mol. The normalized spacial score (nSPS) is 21.2. The number of hydrogen-bond donors (Lipinski definition) is 2. The van der Waals surface area contributed by atoms with E-state index in [2.05, 4.69) is 27.3 Å². The summed E-state index contributed by atoms with van der Waals surface area (Å²) in [5, 5.41) is 8.21. The van der Waals surface area contributed by atoms with Crippen molar-refractivity contribution in [2.24, 2.45) is 0 Å². The van der Waals surface area contributed by atoms with Crippen LogP contribution in [0, 0.1) is 6.92 Å². The number of nitrogens with zero attached hydrogens (tertiary/aromatic N) is 4. The summed E-state index contributed by atoms with van der Waals surface area (Å²) in [6.45, 7) is 5.51. The van der Waals surface area contributed by atoms with Gasteiger partial charge in [-0.25, -0.2) is 4.98 Å². The fourth-order valence-electron chi connectivity index (χ4n) is 4.71. The molecule has 1 atom stereocenters. The van der Waals surface area contributed by atoms with Crippen LogP contribution in [0.25, 0.3) is 0 Å². The Bertz CT molecular complexity index is 816. The van der Waals surface area contributed by atoms with E-state index >= 15 is 0 Å². The van der Waals surface area contributed by atoms with Crippen LogP contribution >= 0.6 is 0 Å². The molecule has 1 aliphatic heterocycles. The number of aromatic nitrogens is 4. The van der Waals surface area contributed by atoms with E-state index < -0.39 is 0 Å². The molecule has 2 aliphatic rings. The van der Waals surface area contributed by atoms with Crippen LogP contribution in [0.2, 0.25) is 0 Å². The van der Waals surface area contributed by atoms with Crippen LogP contribution in [0.1, 0.15) is 61.7 Å². The van der Waals surface area contributed by atoms with Gasteiger partial charge in [0.15, 0.2) is 0 Å². The summed E-state index contributed by atoms with van der Waals surface area (Å²) >= 11 is 0. The molecule has 1 unspecified atom stereocenters. The third-order valence-electron chi connectivity index (χ3n) is 6.19. The minimum Gasteiger partial charge on any atom is -0.348 e. The summed E-state index contributed by atoms with van der Waals surface area (Å²) in [5.41, 5.74) is 4.22. The van der Waals surface area contributed by atoms with Crippen molar-refractivity contribution in [3.05, 3.63) is 35.2 Å². The van der Waals surface area contributed by atoms with Gasteiger partial charge in [-0.15, -0.1) is 0 Å². The second-order valence-corrected chi connectivity index (χ2v) is 8.06. The average Bonchev–Trinajstić information content (AvgIpc) is 3.29. The lowest BCUT2D eigenvalue weighted by molar-refractivity contribution is -0.133. The summed E-state index contributed by atoms with van der Waals surface area (Å²) in [6, 6.07) is -0.206. The first kappa shape index (κ1) is 18.2. The van der Waals surface area contributed by atoms with E-state index in [0.29, 0.717) is 13.0 Å². The molecule has 1 aliphatic carbocycles. The Balaban J connectivity index is 1.52. The fraction of sp³-hybridized carbons (Fsp3) is 0.650. The Morgan fingerprint density at radius 2 is 2.15 bits per heavy atom. The second kappa shape index (κ2) is 7.11. The molecule has 0 bridgehead atoms. The molecule has 2 N–H and O–H groups in total. The van der Waals surface area contributed by atoms with E-state index in [4.69, 9.17) is 0 Å². The maximum Gasteiger partial charge on any atom is 0.240 e. The molecule has 146 valence electrons. The smallest absolute Gasteiger partial charge is 0.240 e. The van der Waals surface area contributed by atoms with E-state index in [1.165, 1.54) is 19.3 Å². The summed E-state index contributed by atoms with van der Waals surface area (Å²) in [4.78, 5) is 23.0. The van der Waals surface area contributed by atoms with Crippen molar-refractivity contribution in [1.29, 1.82) is 0 Å². The molecule has 27 heavy (non-hydrogen) atoms. The Morgan fingerprint density at radius 3 is 2.85 bits per heavy atom. The first-order valence-electron chi connectivity index (χ1n) is 10.1. The monoisotopic (exact) mass is 370 g/mol. The van der Waals surface area contributed by atoms with Gasteiger partial charge in [0.2, 0.25) is 5.91 Å². The van der Waals surface area contributed by atoms with Crippen LogP contribution in [0.3, 0.4) is 0 Å². The zero-order chi connectivity index (χ0) is 19.0. The highest BCUT2D eigenvalue weighted by molar-refractivity contribution is 5.82. The zero-order valence-electron chi connectivity index (χ0n) is 16.6. The number of rotatable bonds is 4. The summed E-state index contributed by atoms with van der Waals surface area (Å²) in [5.74, 6) is 0.142. The van der Waals surface area contributed by atoms with E-state index in [1.807, 2.05) is 29.7 Å². The highest BCUT2D eigenvalue weighted by Crippen LogP contribution is 2.40. The van der Waals surface area contributed by atoms with E-state index in [9.17, 15) is 4.79 Å². The predicted molar refractivity (Wildman–Crippen MR) is 103 cm³/mol. The molecule has 1 amide bonds. The van der Waals surface area contributed by atoms with Crippen LogP contribution in [-0.4, -0.2) is 43.6 Å². The lowest BCUT2D eigenvalue weighted by Crippen LogP contribution is -2.58. The molecule has 7 heteroatoms. The number of hydrogen-bond acceptors (Lipinski definition) is 4. The lowest BCUT2D eigenvalue weighted by Gasteiger charge is -2.44. The molecule has 0 saturated heterocycles. The molecular formula is C20H30N6O. The van der Waals surface area contributed by atoms with Gasteiger partial charge in [0.1, 0.15) is 0 Å². The van der Waals surface area contributed by atoms with Crippen LogP contribution < -0.4 is 5.32 Å². The van der Waals surface area contributed by atoms with Crippen molar-refractivity contribution >= 4 is 5.91 Å². The van der Waals surface area contributed by atoms with Gasteiger partial charge in [0, 0.05) is 44.0 Å². The van der Waals surface area contributed by atoms with E-state index in [-0.39, 0.29) is 17.5 Å². The van der Waals surface area contributed by atoms with Crippen molar-refractivity contribution in [2.75, 3.05) is 7.05 Å². The Morgan fingerprint density at radius 1 is 1.37 bits per heavy atom. The summed E-state index contributed by atoms with van der Waals surface area (Å²) in [6.07, 6.45) is 10.2. The number of nitrogens with one attached hydrogen (secondary N) is 2. The van der Waals surface area contributed by atoms with Crippen molar-refractivity contribution in [3.8, 4) is 0 Å². The van der Waals surface area contributed by atoms with Crippen molar-refractivity contribution in [1.82, 2.24) is 30.0 Å². The summed E-state index contributed by atoms with van der Waals surface area (Å²) in [7, 11) is 1.89. The standard InChI is InChI=1S/C20H30N6O/c1-4-26-12-15(14(2)24-26)11-25(3)19(27)17-10-16-18(22-13-21-16)20(23-17)8-6-5-7-9-20/h12-13,17,23H,4-11H2,1-3H3,(H,21,22). The van der Waals surface area contributed by atoms with Crippen molar-refractivity contribution in [3.63, 3.8) is 0 Å². The van der Waals surface area contributed by atoms with Gasteiger partial charge in [-0.05, 0) is 26.7 Å². The quantitative estimate of drug-likeness (QED) is 0.865. The minimum atomic E-state index is -0.206. The minimum absolute atomic E-state index is 0.142. The number of likely N-dealkylation sites (N-methyl/N-ethyl adjacent to an activating group) is 1.